The van der Waals surface area contributed by atoms with Gasteiger partial charge in [-0.3, -0.25) is 9.79 Å². The summed E-state index contributed by atoms with van der Waals surface area (Å²) in [5.41, 5.74) is 1.21. The van der Waals surface area contributed by atoms with E-state index >= 15 is 0 Å². The number of hydrogen-bond donors (Lipinski definition) is 2. The highest BCUT2D eigenvalue weighted by Gasteiger charge is 2.25. The van der Waals surface area contributed by atoms with Crippen LogP contribution < -0.4 is 15.4 Å². The number of benzene rings is 1. The molecule has 1 unspecified atom stereocenters. The van der Waals surface area contributed by atoms with Crippen molar-refractivity contribution < 1.29 is 19.0 Å². The predicted octanol–water partition coefficient (Wildman–Crippen LogP) is 1.45. The molecule has 2 N–H and O–H groups in total. The molecule has 1 aromatic carbocycles. The van der Waals surface area contributed by atoms with E-state index < -0.39 is 0 Å². The smallest absolute Gasteiger partial charge is 0.258 e. The number of guanidine groups is 1. The van der Waals surface area contributed by atoms with Gasteiger partial charge in [-0.25, -0.2) is 0 Å². The van der Waals surface area contributed by atoms with E-state index in [1.165, 1.54) is 5.56 Å². The van der Waals surface area contributed by atoms with Crippen LogP contribution in [0.5, 0.6) is 5.75 Å². The van der Waals surface area contributed by atoms with E-state index in [1.807, 2.05) is 31.3 Å². The summed E-state index contributed by atoms with van der Waals surface area (Å²) in [7, 11) is 3.52. The molecular weight excluding hydrogens is 396 g/mol. The second kappa shape index (κ2) is 12.5. The van der Waals surface area contributed by atoms with Gasteiger partial charge in [0.05, 0.1) is 19.8 Å². The fourth-order valence-corrected chi connectivity index (χ4v) is 3.60. The van der Waals surface area contributed by atoms with Gasteiger partial charge in [0.2, 0.25) is 0 Å². The summed E-state index contributed by atoms with van der Waals surface area (Å²) in [6, 6.07) is 8.29. The van der Waals surface area contributed by atoms with E-state index in [-0.39, 0.29) is 12.5 Å². The van der Waals surface area contributed by atoms with Crippen molar-refractivity contribution >= 4 is 11.9 Å². The van der Waals surface area contributed by atoms with Gasteiger partial charge in [0.25, 0.3) is 5.91 Å². The van der Waals surface area contributed by atoms with Gasteiger partial charge in [-0.2, -0.15) is 0 Å². The molecule has 31 heavy (non-hydrogen) atoms. The predicted molar refractivity (Wildman–Crippen MR) is 121 cm³/mol. The SMILES string of the molecule is CN=C(NCCc1ccc(OCC(=O)NC2CC2)cc1)N1CCC(COCCOC)C1. The molecule has 0 bridgehead atoms. The number of methoxy groups -OCH3 is 1. The fraction of sp³-hybridized carbons (Fsp3) is 0.652. The lowest BCUT2D eigenvalue weighted by molar-refractivity contribution is -0.123. The van der Waals surface area contributed by atoms with Crippen LogP contribution in [0.15, 0.2) is 29.3 Å². The van der Waals surface area contributed by atoms with Crippen LogP contribution in [0.1, 0.15) is 24.8 Å². The maximum Gasteiger partial charge on any atom is 0.258 e. The van der Waals surface area contributed by atoms with Crippen LogP contribution in [0.2, 0.25) is 0 Å². The van der Waals surface area contributed by atoms with Crippen LogP contribution in [0.25, 0.3) is 0 Å². The molecular formula is C23H36N4O4. The highest BCUT2D eigenvalue weighted by molar-refractivity contribution is 5.80. The van der Waals surface area contributed by atoms with Gasteiger partial charge in [0.15, 0.2) is 12.6 Å². The fourth-order valence-electron chi connectivity index (χ4n) is 3.60. The van der Waals surface area contributed by atoms with E-state index in [4.69, 9.17) is 14.2 Å². The van der Waals surface area contributed by atoms with Gasteiger partial charge >= 0.3 is 0 Å². The zero-order valence-electron chi connectivity index (χ0n) is 18.8. The van der Waals surface area contributed by atoms with Crippen molar-refractivity contribution in [3.05, 3.63) is 29.8 Å². The van der Waals surface area contributed by atoms with E-state index in [2.05, 4.69) is 20.5 Å². The van der Waals surface area contributed by atoms with Crippen LogP contribution in [-0.4, -0.2) is 83.0 Å². The second-order valence-electron chi connectivity index (χ2n) is 8.17. The third-order valence-corrected chi connectivity index (χ3v) is 5.52. The van der Waals surface area contributed by atoms with Gasteiger partial charge in [0.1, 0.15) is 5.75 Å². The number of carbonyl (C=O) groups excluding carboxylic acids is 1. The highest BCUT2D eigenvalue weighted by Crippen LogP contribution is 2.19. The lowest BCUT2D eigenvalue weighted by atomic mass is 10.1. The maximum atomic E-state index is 11.7. The third-order valence-electron chi connectivity index (χ3n) is 5.52. The lowest BCUT2D eigenvalue weighted by Crippen LogP contribution is -2.41. The molecule has 1 saturated carbocycles. The number of rotatable bonds is 12. The number of ether oxygens (including phenoxy) is 3. The van der Waals surface area contributed by atoms with E-state index in [1.54, 1.807) is 7.11 Å². The van der Waals surface area contributed by atoms with E-state index in [0.717, 1.165) is 57.9 Å². The molecule has 1 heterocycles. The van der Waals surface area contributed by atoms with Crippen LogP contribution in [0, 0.1) is 5.92 Å². The number of aliphatic imine (C=N–C) groups is 1. The number of likely N-dealkylation sites (tertiary alicyclic amines) is 1. The average Bonchev–Trinajstić information content (AvgIpc) is 3.47. The Labute approximate surface area is 185 Å². The maximum absolute atomic E-state index is 11.7. The Hall–Kier alpha value is -2.32. The Bertz CT molecular complexity index is 706. The van der Waals surface area contributed by atoms with Crippen LogP contribution in [0.3, 0.4) is 0 Å². The molecule has 3 rings (SSSR count). The number of carbonyl (C=O) groups is 1. The Morgan fingerprint density at radius 2 is 2.00 bits per heavy atom. The Morgan fingerprint density at radius 3 is 2.71 bits per heavy atom. The lowest BCUT2D eigenvalue weighted by Gasteiger charge is -2.21. The summed E-state index contributed by atoms with van der Waals surface area (Å²) in [6.07, 6.45) is 4.17. The first-order valence-corrected chi connectivity index (χ1v) is 11.2. The molecule has 0 spiro atoms. The van der Waals surface area contributed by atoms with Crippen LogP contribution in [-0.2, 0) is 20.7 Å². The zero-order chi connectivity index (χ0) is 21.9. The summed E-state index contributed by atoms with van der Waals surface area (Å²) >= 11 is 0. The van der Waals surface area contributed by atoms with Gasteiger partial charge in [0, 0.05) is 45.8 Å². The van der Waals surface area contributed by atoms with E-state index in [0.29, 0.717) is 30.9 Å². The number of nitrogens with one attached hydrogen (secondary N) is 2. The quantitative estimate of drug-likeness (QED) is 0.295. The molecule has 2 aliphatic rings. The summed E-state index contributed by atoms with van der Waals surface area (Å²) in [6.45, 7) is 4.91. The minimum atomic E-state index is -0.0483. The summed E-state index contributed by atoms with van der Waals surface area (Å²) in [5, 5.41) is 6.39. The van der Waals surface area contributed by atoms with Gasteiger partial charge in [-0.05, 0) is 43.4 Å². The Kier molecular flexibility index (Phi) is 9.42. The largest absolute Gasteiger partial charge is 0.484 e. The zero-order valence-corrected chi connectivity index (χ0v) is 18.8. The van der Waals surface area contributed by atoms with E-state index in [9.17, 15) is 4.79 Å². The molecule has 1 saturated heterocycles. The molecule has 8 nitrogen and oxygen atoms in total. The summed E-state index contributed by atoms with van der Waals surface area (Å²) in [4.78, 5) is 18.4. The van der Waals surface area contributed by atoms with Crippen molar-refractivity contribution in [3.8, 4) is 5.75 Å². The molecule has 2 fully saturated rings. The minimum Gasteiger partial charge on any atom is -0.484 e. The summed E-state index contributed by atoms with van der Waals surface area (Å²) < 4.78 is 16.3. The van der Waals surface area contributed by atoms with Crippen LogP contribution >= 0.6 is 0 Å². The standard InChI is InChI=1S/C23H36N4O4/c1-24-23(27-12-10-19(15-27)16-30-14-13-29-2)25-11-9-18-3-7-21(8-4-18)31-17-22(28)26-20-5-6-20/h3-4,7-8,19-20H,5-6,9-17H2,1-2H3,(H,24,25)(H,26,28). The molecule has 8 heteroatoms. The molecule has 1 amide bonds. The molecule has 0 radical (unpaired) electrons. The normalized spacial score (nSPS) is 18.8. The van der Waals surface area contributed by atoms with Crippen molar-refractivity contribution in [2.75, 3.05) is 60.2 Å². The number of hydrogen-bond acceptors (Lipinski definition) is 5. The van der Waals surface area contributed by atoms with Crippen molar-refractivity contribution in [1.29, 1.82) is 0 Å². The molecule has 172 valence electrons. The van der Waals surface area contributed by atoms with Crippen molar-refractivity contribution in [1.82, 2.24) is 15.5 Å². The highest BCUT2D eigenvalue weighted by atomic mass is 16.5. The van der Waals surface area contributed by atoms with Gasteiger partial charge < -0.3 is 29.7 Å². The first-order chi connectivity index (χ1) is 15.2. The number of amides is 1. The summed E-state index contributed by atoms with van der Waals surface area (Å²) in [5.74, 6) is 2.15. The minimum absolute atomic E-state index is 0.0483. The molecule has 1 aliphatic heterocycles. The van der Waals surface area contributed by atoms with Crippen LogP contribution in [0.4, 0.5) is 0 Å². The molecule has 0 aromatic heterocycles. The third kappa shape index (κ3) is 8.38. The molecule has 1 atom stereocenters. The van der Waals surface area contributed by atoms with Crippen molar-refractivity contribution in [2.45, 2.75) is 31.7 Å². The Morgan fingerprint density at radius 1 is 1.19 bits per heavy atom. The second-order valence-corrected chi connectivity index (χ2v) is 8.17. The average molecular weight is 433 g/mol. The Balaban J connectivity index is 1.32. The van der Waals surface area contributed by atoms with Crippen molar-refractivity contribution in [3.63, 3.8) is 0 Å². The monoisotopic (exact) mass is 432 g/mol. The van der Waals surface area contributed by atoms with Gasteiger partial charge in [-0.1, -0.05) is 12.1 Å². The first kappa shape index (κ1) is 23.3. The van der Waals surface area contributed by atoms with Gasteiger partial charge in [-0.15, -0.1) is 0 Å². The first-order valence-electron chi connectivity index (χ1n) is 11.2. The van der Waals surface area contributed by atoms with Crippen molar-refractivity contribution in [2.24, 2.45) is 10.9 Å². The number of nitrogens with zero attached hydrogens (tertiary/aromatic N) is 2. The molecule has 1 aromatic rings. The topological polar surface area (TPSA) is 84.4 Å². The molecule has 1 aliphatic carbocycles.